The van der Waals surface area contributed by atoms with E-state index in [-0.39, 0.29) is 5.60 Å². The summed E-state index contributed by atoms with van der Waals surface area (Å²) in [5, 5.41) is 9.95. The first-order valence-corrected chi connectivity index (χ1v) is 4.96. The van der Waals surface area contributed by atoms with Gasteiger partial charge in [-0.05, 0) is 31.7 Å². The first-order valence-electron chi connectivity index (χ1n) is 4.96. The van der Waals surface area contributed by atoms with E-state index in [1.165, 1.54) is 17.5 Å². The molecule has 0 spiro atoms. The monoisotopic (exact) mass is 176 g/mol. The van der Waals surface area contributed by atoms with Gasteiger partial charge >= 0.3 is 0 Å². The van der Waals surface area contributed by atoms with Gasteiger partial charge in [-0.1, -0.05) is 29.8 Å². The van der Waals surface area contributed by atoms with E-state index < -0.39 is 0 Å². The minimum Gasteiger partial charge on any atom is -0.390 e. The number of rotatable bonds is 2. The van der Waals surface area contributed by atoms with Gasteiger partial charge in [0.2, 0.25) is 0 Å². The highest BCUT2D eigenvalue weighted by molar-refractivity contribution is 5.24. The maximum absolute atomic E-state index is 9.95. The van der Waals surface area contributed by atoms with Gasteiger partial charge in [-0.3, -0.25) is 0 Å². The summed E-state index contributed by atoms with van der Waals surface area (Å²) in [6.45, 7) is 2.09. The van der Waals surface area contributed by atoms with Crippen molar-refractivity contribution in [2.45, 2.75) is 38.2 Å². The molecule has 0 unspecified atom stereocenters. The molecule has 70 valence electrons. The van der Waals surface area contributed by atoms with Crippen LogP contribution in [0.4, 0.5) is 0 Å². The second kappa shape index (κ2) is 3.15. The molecule has 1 saturated carbocycles. The van der Waals surface area contributed by atoms with Crippen molar-refractivity contribution >= 4 is 0 Å². The lowest BCUT2D eigenvalue weighted by atomic mass is 9.76. The molecule has 0 amide bonds. The third kappa shape index (κ3) is 1.92. The molecule has 1 N–H and O–H groups in total. The van der Waals surface area contributed by atoms with Gasteiger partial charge in [0.25, 0.3) is 0 Å². The molecular formula is C12H16O. The number of hydrogen-bond acceptors (Lipinski definition) is 1. The normalized spacial score (nSPS) is 19.5. The highest BCUT2D eigenvalue weighted by Gasteiger charge is 2.34. The van der Waals surface area contributed by atoms with Crippen LogP contribution in [-0.2, 0) is 6.42 Å². The molecule has 0 aromatic heterocycles. The summed E-state index contributed by atoms with van der Waals surface area (Å²) in [4.78, 5) is 0. The first-order chi connectivity index (χ1) is 6.18. The van der Waals surface area contributed by atoms with E-state index in [4.69, 9.17) is 0 Å². The lowest BCUT2D eigenvalue weighted by Crippen LogP contribution is -2.38. The zero-order valence-corrected chi connectivity index (χ0v) is 8.09. The van der Waals surface area contributed by atoms with Gasteiger partial charge in [0.05, 0.1) is 5.60 Å². The minimum absolute atomic E-state index is 0.381. The van der Waals surface area contributed by atoms with Crippen molar-refractivity contribution in [2.75, 3.05) is 0 Å². The summed E-state index contributed by atoms with van der Waals surface area (Å²) in [6.07, 6.45) is 3.96. The van der Waals surface area contributed by atoms with Crippen LogP contribution in [-0.4, -0.2) is 10.7 Å². The van der Waals surface area contributed by atoms with Crippen LogP contribution >= 0.6 is 0 Å². The number of aliphatic hydroxyl groups is 1. The largest absolute Gasteiger partial charge is 0.390 e. The van der Waals surface area contributed by atoms with E-state index in [0.29, 0.717) is 0 Å². The van der Waals surface area contributed by atoms with Crippen LogP contribution in [0.5, 0.6) is 0 Å². The van der Waals surface area contributed by atoms with E-state index in [9.17, 15) is 5.11 Å². The van der Waals surface area contributed by atoms with E-state index in [2.05, 4.69) is 31.2 Å². The lowest BCUT2D eigenvalue weighted by molar-refractivity contribution is -0.0322. The van der Waals surface area contributed by atoms with E-state index in [1.807, 2.05) is 0 Å². The molecule has 13 heavy (non-hydrogen) atoms. The molecule has 0 heterocycles. The fraction of sp³-hybridized carbons (Fsp3) is 0.500. The van der Waals surface area contributed by atoms with Crippen LogP contribution in [0.2, 0.25) is 0 Å². The molecular weight excluding hydrogens is 160 g/mol. The van der Waals surface area contributed by atoms with Crippen molar-refractivity contribution in [3.05, 3.63) is 35.4 Å². The Kier molecular flexibility index (Phi) is 2.12. The Labute approximate surface area is 79.4 Å². The van der Waals surface area contributed by atoms with Gasteiger partial charge in [-0.2, -0.15) is 0 Å². The molecule has 1 fully saturated rings. The number of hydrogen-bond donors (Lipinski definition) is 1. The fourth-order valence-corrected chi connectivity index (χ4v) is 1.96. The Balaban J connectivity index is 2.09. The zero-order valence-electron chi connectivity index (χ0n) is 8.09. The molecule has 1 heteroatoms. The summed E-state index contributed by atoms with van der Waals surface area (Å²) in [5.41, 5.74) is 2.16. The zero-order chi connectivity index (χ0) is 9.31. The van der Waals surface area contributed by atoms with Crippen molar-refractivity contribution in [3.63, 3.8) is 0 Å². The fourth-order valence-electron chi connectivity index (χ4n) is 1.96. The second-order valence-electron chi connectivity index (χ2n) is 4.24. The van der Waals surface area contributed by atoms with Crippen molar-refractivity contribution in [3.8, 4) is 0 Å². The SMILES string of the molecule is Cc1cccc(CC2(O)CCC2)c1. The topological polar surface area (TPSA) is 20.2 Å². The molecule has 1 aliphatic carbocycles. The van der Waals surface area contributed by atoms with Crippen LogP contribution in [0.3, 0.4) is 0 Å². The predicted octanol–water partition coefficient (Wildman–Crippen LogP) is 2.45. The molecule has 0 aliphatic heterocycles. The Morgan fingerprint density at radius 3 is 2.69 bits per heavy atom. The third-order valence-electron chi connectivity index (χ3n) is 2.90. The summed E-state index contributed by atoms with van der Waals surface area (Å²) in [7, 11) is 0. The average molecular weight is 176 g/mol. The summed E-state index contributed by atoms with van der Waals surface area (Å²) >= 11 is 0. The standard InChI is InChI=1S/C12H16O/c1-10-4-2-5-11(8-10)9-12(13)6-3-7-12/h2,4-5,8,13H,3,6-7,9H2,1H3. The highest BCUT2D eigenvalue weighted by atomic mass is 16.3. The summed E-state index contributed by atoms with van der Waals surface area (Å²) in [5.74, 6) is 0. The van der Waals surface area contributed by atoms with Gasteiger partial charge in [0.15, 0.2) is 0 Å². The number of aryl methyl sites for hydroxylation is 1. The van der Waals surface area contributed by atoms with Crippen molar-refractivity contribution in [1.29, 1.82) is 0 Å². The van der Waals surface area contributed by atoms with Gasteiger partial charge < -0.3 is 5.11 Å². The summed E-state index contributed by atoms with van der Waals surface area (Å²) < 4.78 is 0. The van der Waals surface area contributed by atoms with E-state index >= 15 is 0 Å². The van der Waals surface area contributed by atoms with Crippen LogP contribution in [0.15, 0.2) is 24.3 Å². The molecule has 0 bridgehead atoms. The molecule has 0 radical (unpaired) electrons. The minimum atomic E-state index is -0.381. The Bertz CT molecular complexity index is 300. The van der Waals surface area contributed by atoms with E-state index in [1.54, 1.807) is 0 Å². The number of benzene rings is 1. The van der Waals surface area contributed by atoms with Crippen molar-refractivity contribution in [2.24, 2.45) is 0 Å². The first kappa shape index (κ1) is 8.76. The third-order valence-corrected chi connectivity index (χ3v) is 2.90. The molecule has 1 aliphatic rings. The Morgan fingerprint density at radius 1 is 1.38 bits per heavy atom. The van der Waals surface area contributed by atoms with Crippen LogP contribution in [0.1, 0.15) is 30.4 Å². The van der Waals surface area contributed by atoms with Gasteiger partial charge in [0, 0.05) is 6.42 Å². The molecule has 1 aromatic carbocycles. The molecule has 2 rings (SSSR count). The van der Waals surface area contributed by atoms with Crippen LogP contribution in [0.25, 0.3) is 0 Å². The molecule has 0 atom stereocenters. The van der Waals surface area contributed by atoms with Gasteiger partial charge in [0.1, 0.15) is 0 Å². The predicted molar refractivity (Wildman–Crippen MR) is 53.7 cm³/mol. The van der Waals surface area contributed by atoms with Crippen LogP contribution in [0, 0.1) is 6.92 Å². The van der Waals surface area contributed by atoms with Crippen LogP contribution < -0.4 is 0 Å². The molecule has 1 nitrogen and oxygen atoms in total. The maximum Gasteiger partial charge on any atom is 0.0688 e. The van der Waals surface area contributed by atoms with Crippen molar-refractivity contribution in [1.82, 2.24) is 0 Å². The molecule has 1 aromatic rings. The lowest BCUT2D eigenvalue weighted by Gasteiger charge is -2.36. The highest BCUT2D eigenvalue weighted by Crippen LogP contribution is 2.34. The quantitative estimate of drug-likeness (QED) is 0.734. The molecule has 0 saturated heterocycles. The smallest absolute Gasteiger partial charge is 0.0688 e. The van der Waals surface area contributed by atoms with Gasteiger partial charge in [-0.15, -0.1) is 0 Å². The van der Waals surface area contributed by atoms with Gasteiger partial charge in [-0.25, -0.2) is 0 Å². The Morgan fingerprint density at radius 2 is 2.15 bits per heavy atom. The van der Waals surface area contributed by atoms with E-state index in [0.717, 1.165) is 19.3 Å². The maximum atomic E-state index is 9.95. The average Bonchev–Trinajstić information content (AvgIpc) is 2.01. The van der Waals surface area contributed by atoms with Crippen molar-refractivity contribution < 1.29 is 5.11 Å². The summed E-state index contributed by atoms with van der Waals surface area (Å²) in [6, 6.07) is 8.42. The Hall–Kier alpha value is -0.820. The second-order valence-corrected chi connectivity index (χ2v) is 4.24.